The first-order valence-electron chi connectivity index (χ1n) is 8.07. The summed E-state index contributed by atoms with van der Waals surface area (Å²) in [5, 5.41) is 24.5. The summed E-state index contributed by atoms with van der Waals surface area (Å²) < 4.78 is 0. The molecule has 0 amide bonds. The van der Waals surface area contributed by atoms with Crippen LogP contribution >= 0.6 is 6.04 Å². The number of oxime groups is 1. The molecule has 2 aromatic rings. The van der Waals surface area contributed by atoms with Crippen LogP contribution in [0.5, 0.6) is 0 Å². The summed E-state index contributed by atoms with van der Waals surface area (Å²) in [4.78, 5) is 4.35. The summed E-state index contributed by atoms with van der Waals surface area (Å²) in [6.45, 7) is 2.57. The van der Waals surface area contributed by atoms with Crippen LogP contribution in [0.2, 0.25) is 0 Å². The zero-order valence-corrected chi connectivity index (χ0v) is 15.8. The van der Waals surface area contributed by atoms with Gasteiger partial charge in [-0.15, -0.1) is 0 Å². The predicted molar refractivity (Wildman–Crippen MR) is 108 cm³/mol. The number of nitrogens with zero attached hydrogens (tertiary/aromatic N) is 2. The van der Waals surface area contributed by atoms with Crippen LogP contribution in [0.25, 0.3) is 0 Å². The van der Waals surface area contributed by atoms with Gasteiger partial charge in [-0.25, -0.2) is 0 Å². The van der Waals surface area contributed by atoms with Crippen LogP contribution in [0, 0.1) is 0 Å². The standard InChI is InChI=1S/C18H22N3O2PS/c1-2-3-14-19-17(20-22)18(21-23)24(25,15-10-6-4-7-11-15)16-12-8-5-9-13-16/h4-13,22-23H,2-3,14H2,1H3,(H,19,20)/b21-18+. The van der Waals surface area contributed by atoms with Gasteiger partial charge in [0, 0.05) is 6.54 Å². The van der Waals surface area contributed by atoms with E-state index in [1.54, 1.807) is 0 Å². The fraction of sp³-hybridized carbons (Fsp3) is 0.222. The first-order valence-corrected chi connectivity index (χ1v) is 10.9. The number of hydrogen-bond acceptors (Lipinski definition) is 5. The van der Waals surface area contributed by atoms with Crippen molar-refractivity contribution in [1.82, 2.24) is 5.48 Å². The van der Waals surface area contributed by atoms with E-state index in [2.05, 4.69) is 22.6 Å². The first kappa shape index (κ1) is 19.3. The van der Waals surface area contributed by atoms with Crippen molar-refractivity contribution in [3.05, 3.63) is 60.7 Å². The summed E-state index contributed by atoms with van der Waals surface area (Å²) >= 11 is 6.07. The molecule has 0 bridgehead atoms. The number of amidine groups is 1. The smallest absolute Gasteiger partial charge is 0.176 e. The molecule has 0 atom stereocenters. The lowest BCUT2D eigenvalue weighted by molar-refractivity contribution is 0.235. The number of hydrogen-bond donors (Lipinski definition) is 3. The Morgan fingerprint density at radius 1 is 1.04 bits per heavy atom. The Kier molecular flexibility index (Phi) is 7.31. The van der Waals surface area contributed by atoms with Gasteiger partial charge in [0.2, 0.25) is 0 Å². The quantitative estimate of drug-likeness (QED) is 0.174. The van der Waals surface area contributed by atoms with Crippen molar-refractivity contribution in [2.24, 2.45) is 10.1 Å². The molecule has 0 spiro atoms. The van der Waals surface area contributed by atoms with Crippen molar-refractivity contribution in [2.45, 2.75) is 19.8 Å². The van der Waals surface area contributed by atoms with E-state index >= 15 is 0 Å². The maximum Gasteiger partial charge on any atom is 0.176 e. The maximum absolute atomic E-state index is 9.76. The van der Waals surface area contributed by atoms with Gasteiger partial charge < -0.3 is 5.21 Å². The van der Waals surface area contributed by atoms with Gasteiger partial charge in [0.05, 0.1) is 6.04 Å². The van der Waals surface area contributed by atoms with Gasteiger partial charge in [0.25, 0.3) is 0 Å². The average molecular weight is 375 g/mol. The third kappa shape index (κ3) is 4.34. The Morgan fingerprint density at radius 2 is 1.56 bits per heavy atom. The Morgan fingerprint density at radius 3 is 1.96 bits per heavy atom. The van der Waals surface area contributed by atoms with Gasteiger partial charge in [-0.2, -0.15) is 0 Å². The molecule has 0 saturated heterocycles. The molecular formula is C18H22N3O2PS. The van der Waals surface area contributed by atoms with Crippen molar-refractivity contribution in [2.75, 3.05) is 6.54 Å². The van der Waals surface area contributed by atoms with E-state index in [-0.39, 0.29) is 11.3 Å². The number of aliphatic imine (C=N–C) groups is 1. The molecule has 0 aliphatic carbocycles. The van der Waals surface area contributed by atoms with Crippen molar-refractivity contribution < 1.29 is 10.4 Å². The number of unbranched alkanes of at least 4 members (excludes halogenated alkanes) is 1. The molecule has 0 heterocycles. The zero-order valence-electron chi connectivity index (χ0n) is 14.0. The third-order valence-electron chi connectivity index (χ3n) is 3.73. The highest BCUT2D eigenvalue weighted by Crippen LogP contribution is 2.45. The molecule has 25 heavy (non-hydrogen) atoms. The van der Waals surface area contributed by atoms with E-state index in [4.69, 9.17) is 11.8 Å². The van der Waals surface area contributed by atoms with Crippen LogP contribution in [0.3, 0.4) is 0 Å². The first-order chi connectivity index (χ1) is 12.2. The van der Waals surface area contributed by atoms with Crippen LogP contribution < -0.4 is 16.1 Å². The number of rotatable bonds is 7. The van der Waals surface area contributed by atoms with Crippen LogP contribution in [-0.2, 0) is 11.8 Å². The molecular weight excluding hydrogens is 353 g/mol. The molecule has 2 aromatic carbocycles. The van der Waals surface area contributed by atoms with Crippen molar-refractivity contribution in [3.63, 3.8) is 0 Å². The molecule has 0 saturated carbocycles. The zero-order chi connectivity index (χ0) is 18.1. The van der Waals surface area contributed by atoms with Crippen molar-refractivity contribution in [1.29, 1.82) is 0 Å². The second-order valence-electron chi connectivity index (χ2n) is 5.40. The molecule has 7 heteroatoms. The largest absolute Gasteiger partial charge is 0.410 e. The van der Waals surface area contributed by atoms with E-state index < -0.39 is 6.04 Å². The van der Waals surface area contributed by atoms with Gasteiger partial charge in [0.1, 0.15) is 0 Å². The summed E-state index contributed by atoms with van der Waals surface area (Å²) in [6.07, 6.45) is 1.84. The lowest BCUT2D eigenvalue weighted by atomic mass is 10.3. The fourth-order valence-electron chi connectivity index (χ4n) is 2.43. The van der Waals surface area contributed by atoms with E-state index in [1.807, 2.05) is 60.7 Å². The molecule has 3 N–H and O–H groups in total. The Labute approximate surface area is 153 Å². The number of hydroxylamine groups is 1. The lowest BCUT2D eigenvalue weighted by Gasteiger charge is -2.24. The fourth-order valence-corrected chi connectivity index (χ4v) is 6.05. The predicted octanol–water partition coefficient (Wildman–Crippen LogP) is 3.08. The Balaban J connectivity index is 2.62. The summed E-state index contributed by atoms with van der Waals surface area (Å²) in [6, 6.07) is 16.4. The second kappa shape index (κ2) is 9.47. The van der Waals surface area contributed by atoms with Gasteiger partial charge in [-0.3, -0.25) is 15.7 Å². The highest BCUT2D eigenvalue weighted by atomic mass is 32.4. The van der Waals surface area contributed by atoms with E-state index in [9.17, 15) is 10.4 Å². The SMILES string of the molecule is CCCCN=C(NO)/C(=N\O)P(=S)(c1ccccc1)c1ccccc1. The number of nitrogens with one attached hydrogen (secondary N) is 1. The highest BCUT2D eigenvalue weighted by Gasteiger charge is 2.32. The van der Waals surface area contributed by atoms with E-state index in [0.717, 1.165) is 23.5 Å². The molecule has 132 valence electrons. The molecule has 0 radical (unpaired) electrons. The van der Waals surface area contributed by atoms with Gasteiger partial charge in [-0.1, -0.05) is 91.0 Å². The molecule has 0 unspecified atom stereocenters. The van der Waals surface area contributed by atoms with E-state index in [0.29, 0.717) is 6.54 Å². The third-order valence-corrected chi connectivity index (χ3v) is 8.46. The van der Waals surface area contributed by atoms with Gasteiger partial charge >= 0.3 is 0 Å². The molecule has 0 aliphatic heterocycles. The molecule has 2 rings (SSSR count). The van der Waals surface area contributed by atoms with Crippen LogP contribution in [0.4, 0.5) is 0 Å². The number of benzene rings is 2. The highest BCUT2D eigenvalue weighted by molar-refractivity contribution is 8.30. The Hall–Kier alpha value is -2.01. The maximum atomic E-state index is 9.76. The van der Waals surface area contributed by atoms with Gasteiger partial charge in [-0.05, 0) is 17.0 Å². The average Bonchev–Trinajstić information content (AvgIpc) is 2.68. The normalized spacial score (nSPS) is 12.9. The lowest BCUT2D eigenvalue weighted by Crippen LogP contribution is -2.35. The van der Waals surface area contributed by atoms with Crippen LogP contribution in [0.1, 0.15) is 19.8 Å². The molecule has 0 fully saturated rings. The minimum Gasteiger partial charge on any atom is -0.410 e. The summed E-state index contributed by atoms with van der Waals surface area (Å²) in [5.41, 5.74) is 2.27. The topological polar surface area (TPSA) is 77.2 Å². The van der Waals surface area contributed by atoms with Crippen LogP contribution in [0.15, 0.2) is 70.8 Å². The minimum absolute atomic E-state index is 0.118. The molecule has 5 nitrogen and oxygen atoms in total. The Bertz CT molecular complexity index is 736. The van der Waals surface area contributed by atoms with E-state index in [1.165, 1.54) is 0 Å². The monoisotopic (exact) mass is 375 g/mol. The minimum atomic E-state index is -2.68. The summed E-state index contributed by atoms with van der Waals surface area (Å²) in [5.74, 6) is 0.118. The van der Waals surface area contributed by atoms with Crippen molar-refractivity contribution >= 4 is 39.7 Å². The van der Waals surface area contributed by atoms with Gasteiger partial charge in [0.15, 0.2) is 11.3 Å². The second-order valence-corrected chi connectivity index (χ2v) is 9.72. The summed E-state index contributed by atoms with van der Waals surface area (Å²) in [7, 11) is 0. The van der Waals surface area contributed by atoms with Crippen LogP contribution in [-0.4, -0.2) is 28.2 Å². The molecule has 0 aromatic heterocycles. The van der Waals surface area contributed by atoms with Crippen molar-refractivity contribution in [3.8, 4) is 0 Å². The molecule has 0 aliphatic rings.